The lowest BCUT2D eigenvalue weighted by Crippen LogP contribution is -2.84. The number of aliphatic carboxylic acids is 1. The molecule has 1 aromatic carbocycles. The summed E-state index contributed by atoms with van der Waals surface area (Å²) in [7, 11) is 0. The van der Waals surface area contributed by atoms with E-state index in [1.165, 1.54) is 12.1 Å². The quantitative estimate of drug-likeness (QED) is 0.160. The van der Waals surface area contributed by atoms with Crippen LogP contribution in [0.2, 0.25) is 0 Å². The number of rotatable bonds is 8. The maximum absolute atomic E-state index is 13.7. The van der Waals surface area contributed by atoms with E-state index in [0.29, 0.717) is 5.06 Å². The van der Waals surface area contributed by atoms with E-state index in [1.54, 1.807) is 18.2 Å². The van der Waals surface area contributed by atoms with Crippen LogP contribution in [0.5, 0.6) is 5.75 Å². The van der Waals surface area contributed by atoms with Gasteiger partial charge in [0.05, 0.1) is 0 Å². The van der Waals surface area contributed by atoms with Crippen LogP contribution in [0, 0.1) is 0 Å². The number of benzene rings is 1. The Morgan fingerprint density at radius 3 is 2.33 bits per heavy atom. The van der Waals surface area contributed by atoms with Gasteiger partial charge < -0.3 is 19.4 Å². The van der Waals surface area contributed by atoms with Gasteiger partial charge in [0.1, 0.15) is 24.3 Å². The van der Waals surface area contributed by atoms with Crippen LogP contribution < -0.4 is 4.84 Å². The highest BCUT2D eigenvalue weighted by Gasteiger charge is 2.75. The van der Waals surface area contributed by atoms with Crippen molar-refractivity contribution in [2.75, 3.05) is 19.0 Å². The predicted molar refractivity (Wildman–Crippen MR) is 128 cm³/mol. The molecule has 15 heteroatoms. The van der Waals surface area contributed by atoms with E-state index >= 15 is 0 Å². The molecular formula is C21H19Cl3N2O9S. The van der Waals surface area contributed by atoms with Crippen LogP contribution in [0.4, 0.5) is 0 Å². The number of β-lactam (4-membered cyclic amide) rings is 1. The van der Waals surface area contributed by atoms with E-state index in [0.717, 1.165) is 30.5 Å². The fourth-order valence-corrected chi connectivity index (χ4v) is 5.22. The Balaban J connectivity index is 2.09. The summed E-state index contributed by atoms with van der Waals surface area (Å²) in [5.41, 5.74) is -2.82. The van der Waals surface area contributed by atoms with E-state index < -0.39 is 56.7 Å². The van der Waals surface area contributed by atoms with Gasteiger partial charge in [0, 0.05) is 25.2 Å². The number of esters is 2. The van der Waals surface area contributed by atoms with Gasteiger partial charge in [0.15, 0.2) is 5.75 Å². The standard InChI is InChI=1S/C21H19Cl3N2O9S/c1-11(27)26(35-14-6-4-3-5-7-14)21(19(32)34-10-20(22,23)24)17(31)25-15(16(29)30)13(8-33-12(2)28)9-36-18(21)25/h3-7,18H,8-10H2,1-2H3,(H,29,30)/t18-,21+/m1/s1. The van der Waals surface area contributed by atoms with Crippen molar-refractivity contribution in [3.05, 3.63) is 41.6 Å². The number of nitrogens with zero attached hydrogens (tertiary/aromatic N) is 2. The lowest BCUT2D eigenvalue weighted by molar-refractivity contribution is -0.221. The third-order valence-electron chi connectivity index (χ3n) is 5.00. The van der Waals surface area contributed by atoms with Gasteiger partial charge >= 0.3 is 17.9 Å². The zero-order valence-electron chi connectivity index (χ0n) is 18.7. The number of alkyl halides is 3. The van der Waals surface area contributed by atoms with E-state index in [-0.39, 0.29) is 23.7 Å². The lowest BCUT2D eigenvalue weighted by Gasteiger charge is -2.57. The van der Waals surface area contributed by atoms with Crippen molar-refractivity contribution in [1.82, 2.24) is 9.96 Å². The zero-order chi connectivity index (χ0) is 26.8. The number of hydrogen-bond donors (Lipinski definition) is 1. The minimum absolute atomic E-state index is 0.0556. The first kappa shape index (κ1) is 27.9. The highest BCUT2D eigenvalue weighted by Crippen LogP contribution is 2.50. The average Bonchev–Trinajstić information content (AvgIpc) is 2.80. The van der Waals surface area contributed by atoms with Gasteiger partial charge in [-0.15, -0.1) is 16.8 Å². The van der Waals surface area contributed by atoms with Crippen LogP contribution >= 0.6 is 46.6 Å². The second kappa shape index (κ2) is 10.8. The Morgan fingerprint density at radius 2 is 1.81 bits per heavy atom. The Bertz CT molecular complexity index is 1130. The second-order valence-electron chi connectivity index (χ2n) is 7.55. The molecule has 3 rings (SSSR count). The van der Waals surface area contributed by atoms with Crippen molar-refractivity contribution in [2.45, 2.75) is 28.6 Å². The van der Waals surface area contributed by atoms with Crippen molar-refractivity contribution in [1.29, 1.82) is 0 Å². The third-order valence-corrected chi connectivity index (χ3v) is 6.71. The molecule has 2 aliphatic heterocycles. The first-order chi connectivity index (χ1) is 16.8. The summed E-state index contributed by atoms with van der Waals surface area (Å²) >= 11 is 18.0. The van der Waals surface area contributed by atoms with Gasteiger partial charge in [-0.25, -0.2) is 9.59 Å². The number of amides is 2. The summed E-state index contributed by atoms with van der Waals surface area (Å²) in [6.45, 7) is 1.05. The fourth-order valence-electron chi connectivity index (χ4n) is 3.59. The summed E-state index contributed by atoms with van der Waals surface area (Å²) in [5, 5.41) is 9.09. The van der Waals surface area contributed by atoms with Crippen LogP contribution in [-0.4, -0.2) is 78.5 Å². The van der Waals surface area contributed by atoms with Crippen LogP contribution in [0.25, 0.3) is 0 Å². The maximum Gasteiger partial charge on any atom is 0.352 e. The number of fused-ring (bicyclic) bond motifs is 1. The number of hydroxylamine groups is 2. The van der Waals surface area contributed by atoms with Gasteiger partial charge in [0.25, 0.3) is 17.4 Å². The third kappa shape index (κ3) is 5.36. The Morgan fingerprint density at radius 1 is 1.17 bits per heavy atom. The SMILES string of the molecule is CC(=O)OCC1=C(C(=O)O)N2C(=O)[C@](C(=O)OCC(Cl)(Cl)Cl)(N(Oc3ccccc3)C(C)=O)[C@H]2SC1. The van der Waals surface area contributed by atoms with Crippen LogP contribution in [-0.2, 0) is 33.4 Å². The molecule has 0 aromatic heterocycles. The molecule has 194 valence electrons. The van der Waals surface area contributed by atoms with E-state index in [1.807, 2.05) is 0 Å². The van der Waals surface area contributed by atoms with E-state index in [4.69, 9.17) is 49.1 Å². The molecule has 0 spiro atoms. The molecule has 1 saturated heterocycles. The highest BCUT2D eigenvalue weighted by molar-refractivity contribution is 8.00. The summed E-state index contributed by atoms with van der Waals surface area (Å²) in [6, 6.07) is 7.82. The first-order valence-corrected chi connectivity index (χ1v) is 12.3. The molecular weight excluding hydrogens is 563 g/mol. The van der Waals surface area contributed by atoms with Crippen LogP contribution in [0.1, 0.15) is 13.8 Å². The molecule has 0 unspecified atom stereocenters. The van der Waals surface area contributed by atoms with Gasteiger partial charge in [0.2, 0.25) is 3.79 Å². The number of carbonyl (C=O) groups excluding carboxylic acids is 4. The Labute approximate surface area is 224 Å². The molecule has 2 heterocycles. The second-order valence-corrected chi connectivity index (χ2v) is 11.1. The van der Waals surface area contributed by atoms with Gasteiger partial charge in [-0.1, -0.05) is 53.0 Å². The highest BCUT2D eigenvalue weighted by atomic mass is 35.6. The molecule has 0 bridgehead atoms. The monoisotopic (exact) mass is 580 g/mol. The molecule has 1 N–H and O–H groups in total. The molecule has 36 heavy (non-hydrogen) atoms. The smallest absolute Gasteiger partial charge is 0.352 e. The van der Waals surface area contributed by atoms with Crippen molar-refractivity contribution in [2.24, 2.45) is 0 Å². The minimum Gasteiger partial charge on any atom is -0.477 e. The number of hydrogen-bond acceptors (Lipinski definition) is 9. The van der Waals surface area contributed by atoms with Crippen molar-refractivity contribution in [3.8, 4) is 5.75 Å². The number of carbonyl (C=O) groups is 5. The summed E-state index contributed by atoms with van der Waals surface area (Å²) in [5.74, 6) is -5.37. The van der Waals surface area contributed by atoms with E-state index in [9.17, 15) is 29.1 Å². The molecule has 11 nitrogen and oxygen atoms in total. The summed E-state index contributed by atoms with van der Waals surface area (Å²) in [6.07, 6.45) is 0. The maximum atomic E-state index is 13.7. The largest absolute Gasteiger partial charge is 0.477 e. The number of carboxylic acid groups (broad SMARTS) is 1. The molecule has 0 aliphatic carbocycles. The van der Waals surface area contributed by atoms with Crippen LogP contribution in [0.3, 0.4) is 0 Å². The van der Waals surface area contributed by atoms with Crippen molar-refractivity contribution in [3.63, 3.8) is 0 Å². The Kier molecular flexibility index (Phi) is 8.33. The number of ether oxygens (including phenoxy) is 2. The molecule has 2 aliphatic rings. The minimum atomic E-state index is -2.45. The number of para-hydroxylation sites is 1. The van der Waals surface area contributed by atoms with Gasteiger partial charge in [-0.2, -0.15) is 0 Å². The number of thioether (sulfide) groups is 1. The van der Waals surface area contributed by atoms with Gasteiger partial charge in [-0.3, -0.25) is 19.3 Å². The molecule has 0 radical (unpaired) electrons. The van der Waals surface area contributed by atoms with Crippen molar-refractivity contribution < 1.29 is 43.4 Å². The predicted octanol–water partition coefficient (Wildman–Crippen LogP) is 2.30. The molecule has 2 amide bonds. The number of carboxylic acids is 1. The first-order valence-electron chi connectivity index (χ1n) is 10.1. The molecule has 1 aromatic rings. The summed E-state index contributed by atoms with van der Waals surface area (Å²) < 4.78 is 7.98. The molecule has 0 saturated carbocycles. The Hall–Kier alpha value is -2.67. The topological polar surface area (TPSA) is 140 Å². The normalized spacial score (nSPS) is 21.2. The van der Waals surface area contributed by atoms with Crippen LogP contribution in [0.15, 0.2) is 41.6 Å². The fraction of sp³-hybridized carbons (Fsp3) is 0.381. The average molecular weight is 582 g/mol. The molecule has 1 fully saturated rings. The van der Waals surface area contributed by atoms with Gasteiger partial charge in [-0.05, 0) is 12.1 Å². The zero-order valence-corrected chi connectivity index (χ0v) is 21.8. The van der Waals surface area contributed by atoms with Crippen molar-refractivity contribution >= 4 is 76.3 Å². The lowest BCUT2D eigenvalue weighted by atomic mass is 9.85. The van der Waals surface area contributed by atoms with E-state index in [2.05, 4.69) is 0 Å². The number of halogens is 3. The molecule has 2 atom stereocenters. The summed E-state index contributed by atoms with van der Waals surface area (Å²) in [4.78, 5) is 69.6.